The third-order valence-electron chi connectivity index (χ3n) is 3.21. The molecule has 22 heavy (non-hydrogen) atoms. The van der Waals surface area contributed by atoms with E-state index < -0.39 is 0 Å². The number of nitrogens with one attached hydrogen (secondary N) is 2. The highest BCUT2D eigenvalue weighted by atomic mass is 32.2. The van der Waals surface area contributed by atoms with Crippen molar-refractivity contribution < 1.29 is 4.79 Å². The van der Waals surface area contributed by atoms with Crippen LogP contribution in [0.2, 0.25) is 0 Å². The smallest absolute Gasteiger partial charge is 0.236 e. The molecule has 1 aliphatic rings. The maximum absolute atomic E-state index is 11.8. The minimum absolute atomic E-state index is 0.119. The molecule has 0 bridgehead atoms. The average molecular weight is 357 g/mol. The van der Waals surface area contributed by atoms with Gasteiger partial charge in [-0.2, -0.15) is 5.10 Å². The predicted octanol–water partition coefficient (Wildman–Crippen LogP) is 2.81. The van der Waals surface area contributed by atoms with E-state index in [0.717, 1.165) is 4.34 Å². The molecule has 10 heteroatoms. The molecule has 2 N–H and O–H groups in total. The molecule has 2 heterocycles. The number of aromatic amines is 1. The molecule has 0 spiro atoms. The number of thioether (sulfide) groups is 2. The van der Waals surface area contributed by atoms with Gasteiger partial charge in [0.25, 0.3) is 0 Å². The molecule has 3 rings (SSSR count). The molecule has 2 aromatic rings. The highest BCUT2D eigenvalue weighted by Crippen LogP contribution is 2.35. The summed E-state index contributed by atoms with van der Waals surface area (Å²) in [6, 6.07) is 0. The summed E-state index contributed by atoms with van der Waals surface area (Å²) in [6.45, 7) is 0. The van der Waals surface area contributed by atoms with Gasteiger partial charge in [-0.25, -0.2) is 4.98 Å². The van der Waals surface area contributed by atoms with E-state index in [1.165, 1.54) is 61.5 Å². The molecule has 2 aromatic heterocycles. The Morgan fingerprint density at radius 3 is 3.00 bits per heavy atom. The standard InChI is InChI=1S/C12H16N6OS3/c19-9(6-20-10-13-7-14-16-10)15-11-17-18-12(22-11)21-8-4-2-1-3-5-8/h7-8H,1-6H2,(H,13,14,16)(H,15,17,19). The number of carbonyl (C=O) groups excluding carboxylic acids is 1. The van der Waals surface area contributed by atoms with Crippen LogP contribution in [0.1, 0.15) is 32.1 Å². The molecule has 0 aliphatic heterocycles. The van der Waals surface area contributed by atoms with Crippen LogP contribution >= 0.6 is 34.9 Å². The van der Waals surface area contributed by atoms with Crippen molar-refractivity contribution in [1.82, 2.24) is 25.4 Å². The minimum atomic E-state index is -0.119. The van der Waals surface area contributed by atoms with Crippen molar-refractivity contribution >= 4 is 45.9 Å². The Balaban J connectivity index is 1.45. The summed E-state index contributed by atoms with van der Waals surface area (Å²) in [4.78, 5) is 15.8. The Labute approximate surface area is 140 Å². The van der Waals surface area contributed by atoms with E-state index in [2.05, 4.69) is 30.7 Å². The Morgan fingerprint density at radius 2 is 2.23 bits per heavy atom. The molecule has 0 saturated heterocycles. The molecule has 0 aromatic carbocycles. The van der Waals surface area contributed by atoms with Crippen LogP contribution in [0.4, 0.5) is 5.13 Å². The van der Waals surface area contributed by atoms with Gasteiger partial charge in [-0.3, -0.25) is 15.2 Å². The van der Waals surface area contributed by atoms with Crippen LogP contribution in [0.3, 0.4) is 0 Å². The quantitative estimate of drug-likeness (QED) is 0.607. The van der Waals surface area contributed by atoms with Crippen LogP contribution < -0.4 is 5.32 Å². The number of H-pyrrole nitrogens is 1. The summed E-state index contributed by atoms with van der Waals surface area (Å²) in [5, 5.41) is 19.2. The van der Waals surface area contributed by atoms with Gasteiger partial charge < -0.3 is 0 Å². The summed E-state index contributed by atoms with van der Waals surface area (Å²) < 4.78 is 0.935. The van der Waals surface area contributed by atoms with Gasteiger partial charge in [0, 0.05) is 5.25 Å². The summed E-state index contributed by atoms with van der Waals surface area (Å²) in [5.74, 6) is 0.145. The van der Waals surface area contributed by atoms with E-state index in [1.54, 1.807) is 11.8 Å². The average Bonchev–Trinajstić information content (AvgIpc) is 3.18. The van der Waals surface area contributed by atoms with Crippen molar-refractivity contribution in [3.8, 4) is 0 Å². The SMILES string of the molecule is O=C(CSc1ncn[nH]1)Nc1nnc(SC2CCCCC2)s1. The second-order valence-corrected chi connectivity index (χ2v) is 8.37. The van der Waals surface area contributed by atoms with E-state index in [-0.39, 0.29) is 11.7 Å². The van der Waals surface area contributed by atoms with Gasteiger partial charge in [0.05, 0.1) is 5.75 Å². The third-order valence-corrected chi connectivity index (χ3v) is 6.34. The fourth-order valence-electron chi connectivity index (χ4n) is 2.19. The lowest BCUT2D eigenvalue weighted by atomic mass is 10.0. The van der Waals surface area contributed by atoms with Gasteiger partial charge in [0.15, 0.2) is 9.50 Å². The van der Waals surface area contributed by atoms with Crippen LogP contribution in [0.5, 0.6) is 0 Å². The van der Waals surface area contributed by atoms with Crippen molar-refractivity contribution in [2.24, 2.45) is 0 Å². The molecule has 7 nitrogen and oxygen atoms in total. The van der Waals surface area contributed by atoms with E-state index in [4.69, 9.17) is 0 Å². The maximum atomic E-state index is 11.8. The van der Waals surface area contributed by atoms with E-state index in [9.17, 15) is 4.79 Å². The van der Waals surface area contributed by atoms with Crippen molar-refractivity contribution in [2.75, 3.05) is 11.1 Å². The zero-order valence-corrected chi connectivity index (χ0v) is 14.3. The van der Waals surface area contributed by atoms with Crippen LogP contribution in [-0.2, 0) is 4.79 Å². The molecule has 118 valence electrons. The number of amides is 1. The molecular formula is C12H16N6OS3. The van der Waals surface area contributed by atoms with Crippen LogP contribution in [0.15, 0.2) is 15.8 Å². The number of hydrogen-bond acceptors (Lipinski definition) is 8. The number of carbonyl (C=O) groups is 1. The maximum Gasteiger partial charge on any atom is 0.236 e. The van der Waals surface area contributed by atoms with Crippen LogP contribution in [0, 0.1) is 0 Å². The molecule has 0 radical (unpaired) electrons. The normalized spacial score (nSPS) is 15.8. The summed E-state index contributed by atoms with van der Waals surface area (Å²) >= 11 is 4.53. The lowest BCUT2D eigenvalue weighted by molar-refractivity contribution is -0.113. The van der Waals surface area contributed by atoms with Crippen molar-refractivity contribution in [2.45, 2.75) is 46.9 Å². The fourth-order valence-corrected chi connectivity index (χ4v) is 5.04. The first-order chi connectivity index (χ1) is 10.8. The Morgan fingerprint density at radius 1 is 1.36 bits per heavy atom. The summed E-state index contributed by atoms with van der Waals surface area (Å²) in [7, 11) is 0. The first kappa shape index (κ1) is 15.8. The molecule has 0 unspecified atom stereocenters. The Hall–Kier alpha value is -1.13. The molecule has 1 saturated carbocycles. The Bertz CT molecular complexity index is 596. The molecule has 1 amide bonds. The van der Waals surface area contributed by atoms with E-state index >= 15 is 0 Å². The molecular weight excluding hydrogens is 340 g/mol. The van der Waals surface area contributed by atoms with Gasteiger partial charge in [0.2, 0.25) is 11.0 Å². The summed E-state index contributed by atoms with van der Waals surface area (Å²) in [5.41, 5.74) is 0. The van der Waals surface area contributed by atoms with E-state index in [1.807, 2.05) is 0 Å². The lowest BCUT2D eigenvalue weighted by Crippen LogP contribution is -2.13. The highest BCUT2D eigenvalue weighted by molar-refractivity contribution is 8.01. The van der Waals surface area contributed by atoms with Crippen LogP contribution in [0.25, 0.3) is 0 Å². The number of hydrogen-bond donors (Lipinski definition) is 2. The zero-order valence-electron chi connectivity index (χ0n) is 11.8. The first-order valence-electron chi connectivity index (χ1n) is 7.08. The second kappa shape index (κ2) is 7.93. The van der Waals surface area contributed by atoms with Gasteiger partial charge in [-0.1, -0.05) is 54.1 Å². The third kappa shape index (κ3) is 4.68. The van der Waals surface area contributed by atoms with Crippen molar-refractivity contribution in [3.05, 3.63) is 6.33 Å². The zero-order chi connectivity index (χ0) is 15.2. The first-order valence-corrected chi connectivity index (χ1v) is 9.76. The highest BCUT2D eigenvalue weighted by Gasteiger charge is 2.17. The number of anilines is 1. The topological polar surface area (TPSA) is 96.5 Å². The number of aromatic nitrogens is 5. The fraction of sp³-hybridized carbons (Fsp3) is 0.583. The Kier molecular flexibility index (Phi) is 5.68. The van der Waals surface area contributed by atoms with Crippen molar-refractivity contribution in [3.63, 3.8) is 0 Å². The lowest BCUT2D eigenvalue weighted by Gasteiger charge is -2.19. The molecule has 1 fully saturated rings. The van der Waals surface area contributed by atoms with Crippen LogP contribution in [-0.4, -0.2) is 42.3 Å². The largest absolute Gasteiger partial charge is 0.300 e. The molecule has 1 aliphatic carbocycles. The van der Waals surface area contributed by atoms with Gasteiger partial charge >= 0.3 is 0 Å². The molecule has 0 atom stereocenters. The van der Waals surface area contributed by atoms with Gasteiger partial charge in [0.1, 0.15) is 6.33 Å². The monoisotopic (exact) mass is 356 g/mol. The number of rotatable bonds is 6. The summed E-state index contributed by atoms with van der Waals surface area (Å²) in [6.07, 6.45) is 7.87. The predicted molar refractivity (Wildman–Crippen MR) is 88.4 cm³/mol. The van der Waals surface area contributed by atoms with Gasteiger partial charge in [-0.15, -0.1) is 10.2 Å². The van der Waals surface area contributed by atoms with Crippen molar-refractivity contribution in [1.29, 1.82) is 0 Å². The van der Waals surface area contributed by atoms with E-state index in [0.29, 0.717) is 15.5 Å². The van der Waals surface area contributed by atoms with Gasteiger partial charge in [-0.05, 0) is 12.8 Å². The second-order valence-electron chi connectivity index (χ2n) is 4.88. The minimum Gasteiger partial charge on any atom is -0.300 e. The number of nitrogens with zero attached hydrogens (tertiary/aromatic N) is 4.